The summed E-state index contributed by atoms with van der Waals surface area (Å²) >= 11 is 6.55. The molecule has 118 valence electrons. The fraction of sp³-hybridized carbons (Fsp3) is 0.125. The summed E-state index contributed by atoms with van der Waals surface area (Å²) in [6.45, 7) is 0.182. The molecule has 0 unspecified atom stereocenters. The third-order valence-electron chi connectivity index (χ3n) is 3.46. The molecule has 3 rings (SSSR count). The number of para-hydroxylation sites is 2. The normalized spacial score (nSPS) is 12.1. The molecule has 1 aliphatic heterocycles. The van der Waals surface area contributed by atoms with Crippen LogP contribution in [0.4, 0.5) is 11.4 Å². The van der Waals surface area contributed by atoms with Gasteiger partial charge in [0.2, 0.25) is 0 Å². The monoisotopic (exact) mass is 344 g/mol. The summed E-state index contributed by atoms with van der Waals surface area (Å²) in [7, 11) is 1.62. The molecular weight excluding hydrogens is 328 g/mol. The number of carbonyl (C=O) groups excluding carboxylic acids is 1. The topological polar surface area (TPSA) is 61.6 Å². The Kier molecular flexibility index (Phi) is 4.40. The van der Waals surface area contributed by atoms with Crippen LogP contribution in [0.25, 0.3) is 0 Å². The van der Waals surface area contributed by atoms with Gasteiger partial charge in [-0.1, -0.05) is 36.0 Å². The molecule has 3 N–H and O–H groups in total. The molecule has 0 aromatic heterocycles. The molecule has 0 spiro atoms. The van der Waals surface area contributed by atoms with E-state index in [1.54, 1.807) is 18.8 Å². The fourth-order valence-corrected chi connectivity index (χ4v) is 3.51. The number of hydrazine groups is 1. The first-order valence-electron chi connectivity index (χ1n) is 7.02. The van der Waals surface area contributed by atoms with Crippen molar-refractivity contribution in [3.63, 3.8) is 0 Å². The first kappa shape index (κ1) is 15.6. The first-order valence-corrected chi connectivity index (χ1v) is 8.25. The van der Waals surface area contributed by atoms with Gasteiger partial charge in [-0.05, 0) is 36.5 Å². The van der Waals surface area contributed by atoms with Gasteiger partial charge in [0.05, 0.1) is 11.4 Å². The molecule has 2 aromatic carbocycles. The molecular formula is C16H16N4OS2. The van der Waals surface area contributed by atoms with Gasteiger partial charge in [-0.3, -0.25) is 15.2 Å². The quantitative estimate of drug-likeness (QED) is 0.645. The largest absolute Gasteiger partial charge is 0.375 e. The van der Waals surface area contributed by atoms with E-state index in [9.17, 15) is 4.79 Å². The predicted octanol–water partition coefficient (Wildman–Crippen LogP) is 2.50. The molecule has 1 amide bonds. The van der Waals surface area contributed by atoms with E-state index in [-0.39, 0.29) is 17.6 Å². The van der Waals surface area contributed by atoms with Crippen molar-refractivity contribution in [1.82, 2.24) is 10.4 Å². The summed E-state index contributed by atoms with van der Waals surface area (Å²) in [6.07, 6.45) is 0. The molecule has 0 radical (unpaired) electrons. The average Bonchev–Trinajstić information content (AvgIpc) is 2.54. The van der Waals surface area contributed by atoms with Crippen molar-refractivity contribution in [3.8, 4) is 0 Å². The highest BCUT2D eigenvalue weighted by Crippen LogP contribution is 2.47. The summed E-state index contributed by atoms with van der Waals surface area (Å²) in [6, 6.07) is 16.1. The second-order valence-electron chi connectivity index (χ2n) is 5.06. The first-order chi connectivity index (χ1) is 11.1. The second kappa shape index (κ2) is 6.47. The molecule has 0 atom stereocenters. The number of nitrogens with two attached hydrogens (primary N) is 1. The maximum atomic E-state index is 12.3. The van der Waals surface area contributed by atoms with E-state index >= 15 is 0 Å². The minimum atomic E-state index is -0.184. The van der Waals surface area contributed by atoms with Crippen LogP contribution in [0.2, 0.25) is 0 Å². The standard InChI is InChI=1S/C16H16N4OS2/c1-19(16(17)22)18-15(21)10-20-11-6-2-4-8-13(11)23-14-9-5-3-7-12(14)20/h2-9H,10H2,1H3,(H2,17,22)(H,18,21). The van der Waals surface area contributed by atoms with Gasteiger partial charge in [0.1, 0.15) is 6.54 Å². The van der Waals surface area contributed by atoms with Gasteiger partial charge in [0.15, 0.2) is 5.11 Å². The zero-order chi connectivity index (χ0) is 16.4. The van der Waals surface area contributed by atoms with Crippen LogP contribution >= 0.6 is 24.0 Å². The van der Waals surface area contributed by atoms with Crippen molar-refractivity contribution in [2.45, 2.75) is 9.79 Å². The highest BCUT2D eigenvalue weighted by molar-refractivity contribution is 7.99. The second-order valence-corrected chi connectivity index (χ2v) is 6.56. The Morgan fingerprint density at radius 3 is 2.22 bits per heavy atom. The van der Waals surface area contributed by atoms with Gasteiger partial charge in [-0.2, -0.15) is 0 Å². The van der Waals surface area contributed by atoms with Gasteiger partial charge < -0.3 is 10.6 Å². The zero-order valence-electron chi connectivity index (χ0n) is 12.5. The average molecular weight is 344 g/mol. The zero-order valence-corrected chi connectivity index (χ0v) is 14.2. The number of nitrogens with zero attached hydrogens (tertiary/aromatic N) is 2. The third kappa shape index (κ3) is 3.25. The van der Waals surface area contributed by atoms with E-state index in [1.807, 2.05) is 41.3 Å². The number of rotatable bonds is 2. The Bertz CT molecular complexity index is 720. The smallest absolute Gasteiger partial charge is 0.258 e. The molecule has 23 heavy (non-hydrogen) atoms. The number of amides is 1. The van der Waals surface area contributed by atoms with Gasteiger partial charge in [-0.25, -0.2) is 0 Å². The number of benzene rings is 2. The van der Waals surface area contributed by atoms with Crippen LogP contribution in [0.15, 0.2) is 58.3 Å². The van der Waals surface area contributed by atoms with E-state index in [1.165, 1.54) is 5.01 Å². The van der Waals surface area contributed by atoms with Crippen LogP contribution in [0.3, 0.4) is 0 Å². The predicted molar refractivity (Wildman–Crippen MR) is 96.7 cm³/mol. The van der Waals surface area contributed by atoms with E-state index in [2.05, 4.69) is 17.6 Å². The van der Waals surface area contributed by atoms with E-state index in [4.69, 9.17) is 18.0 Å². The minimum Gasteiger partial charge on any atom is -0.375 e. The molecule has 5 nitrogen and oxygen atoms in total. The molecule has 0 saturated carbocycles. The molecule has 0 fully saturated rings. The Hall–Kier alpha value is -2.25. The van der Waals surface area contributed by atoms with Gasteiger partial charge in [0, 0.05) is 16.8 Å². The number of nitrogens with one attached hydrogen (secondary N) is 1. The number of thiocarbonyl (C=S) groups is 1. The van der Waals surface area contributed by atoms with Crippen molar-refractivity contribution in [3.05, 3.63) is 48.5 Å². The van der Waals surface area contributed by atoms with Crippen molar-refractivity contribution in [2.24, 2.45) is 5.73 Å². The SMILES string of the molecule is CN(NC(=O)CN1c2ccccc2Sc2ccccc21)C(N)=S. The molecule has 2 aromatic rings. The highest BCUT2D eigenvalue weighted by atomic mass is 32.2. The van der Waals surface area contributed by atoms with Crippen LogP contribution in [0, 0.1) is 0 Å². The van der Waals surface area contributed by atoms with E-state index < -0.39 is 0 Å². The third-order valence-corrected chi connectivity index (χ3v) is 4.86. The molecule has 0 aliphatic carbocycles. The summed E-state index contributed by atoms with van der Waals surface area (Å²) in [5.74, 6) is -0.184. The highest BCUT2D eigenvalue weighted by Gasteiger charge is 2.24. The van der Waals surface area contributed by atoms with Gasteiger partial charge >= 0.3 is 0 Å². The maximum absolute atomic E-state index is 12.3. The summed E-state index contributed by atoms with van der Waals surface area (Å²) in [4.78, 5) is 16.6. The molecule has 0 bridgehead atoms. The molecule has 0 saturated heterocycles. The number of anilines is 2. The van der Waals surface area contributed by atoms with Crippen molar-refractivity contribution < 1.29 is 4.79 Å². The summed E-state index contributed by atoms with van der Waals surface area (Å²) < 4.78 is 0. The lowest BCUT2D eigenvalue weighted by molar-refractivity contribution is -0.122. The maximum Gasteiger partial charge on any atom is 0.258 e. The Labute approximate surface area is 144 Å². The number of carbonyl (C=O) groups is 1. The van der Waals surface area contributed by atoms with Crippen LogP contribution in [0.5, 0.6) is 0 Å². The van der Waals surface area contributed by atoms with Crippen LogP contribution in [-0.2, 0) is 4.79 Å². The Morgan fingerprint density at radius 1 is 1.17 bits per heavy atom. The van der Waals surface area contributed by atoms with Crippen LogP contribution in [0.1, 0.15) is 0 Å². The van der Waals surface area contributed by atoms with Gasteiger partial charge in [-0.15, -0.1) is 0 Å². The molecule has 1 heterocycles. The fourth-order valence-electron chi connectivity index (χ4n) is 2.37. The van der Waals surface area contributed by atoms with Crippen molar-refractivity contribution in [2.75, 3.05) is 18.5 Å². The molecule has 7 heteroatoms. The van der Waals surface area contributed by atoms with Gasteiger partial charge in [0.25, 0.3) is 5.91 Å². The van der Waals surface area contributed by atoms with Crippen LogP contribution < -0.4 is 16.1 Å². The Morgan fingerprint density at radius 2 is 1.70 bits per heavy atom. The Balaban J connectivity index is 1.89. The number of hydrogen-bond donors (Lipinski definition) is 2. The lowest BCUT2D eigenvalue weighted by Gasteiger charge is -2.32. The van der Waals surface area contributed by atoms with Crippen LogP contribution in [-0.4, -0.2) is 29.6 Å². The summed E-state index contributed by atoms with van der Waals surface area (Å²) in [5.41, 5.74) is 10.2. The number of hydrogen-bond acceptors (Lipinski definition) is 4. The van der Waals surface area contributed by atoms with E-state index in [0.29, 0.717) is 0 Å². The lowest BCUT2D eigenvalue weighted by Crippen LogP contribution is -2.49. The van der Waals surface area contributed by atoms with E-state index in [0.717, 1.165) is 21.2 Å². The number of fused-ring (bicyclic) bond motifs is 2. The summed E-state index contributed by atoms with van der Waals surface area (Å²) in [5, 5.41) is 1.46. The lowest BCUT2D eigenvalue weighted by atomic mass is 10.2. The minimum absolute atomic E-state index is 0.119. The van der Waals surface area contributed by atoms with Crippen molar-refractivity contribution >= 4 is 46.4 Å². The molecule has 1 aliphatic rings. The van der Waals surface area contributed by atoms with Crippen molar-refractivity contribution in [1.29, 1.82) is 0 Å².